The van der Waals surface area contributed by atoms with Crippen LogP contribution in [0.5, 0.6) is 0 Å². The Morgan fingerprint density at radius 2 is 1.81 bits per heavy atom. The van der Waals surface area contributed by atoms with E-state index in [1.807, 2.05) is 0 Å². The minimum atomic E-state index is -0.105. The lowest BCUT2D eigenvalue weighted by molar-refractivity contribution is 0.145. The summed E-state index contributed by atoms with van der Waals surface area (Å²) in [6.07, 6.45) is 7.35. The molecule has 1 saturated heterocycles. The Balaban J connectivity index is 1.50. The smallest absolute Gasteiger partial charge is 0.0602 e. The second-order valence-electron chi connectivity index (χ2n) is 7.16. The van der Waals surface area contributed by atoms with Crippen molar-refractivity contribution < 1.29 is 5.11 Å². The molecule has 0 radical (unpaired) electrons. The lowest BCUT2D eigenvalue weighted by Gasteiger charge is -2.34. The third-order valence-corrected chi connectivity index (χ3v) is 5.79. The Bertz CT molecular complexity index is 496. The number of nitrogens with zero attached hydrogens (tertiary/aromatic N) is 1. The van der Waals surface area contributed by atoms with Gasteiger partial charge in [-0.15, -0.1) is 0 Å². The van der Waals surface area contributed by atoms with E-state index < -0.39 is 0 Å². The van der Waals surface area contributed by atoms with Gasteiger partial charge in [0.1, 0.15) is 0 Å². The SMILES string of the molecule is OC1CCN(c2ccccc2N[C@H]2C[C@H]3CC[C@H]2C3)CC1. The third-order valence-electron chi connectivity index (χ3n) is 5.79. The number of aliphatic hydroxyl groups is 1. The number of nitrogens with one attached hydrogen (secondary N) is 1. The van der Waals surface area contributed by atoms with Crippen LogP contribution in [0.3, 0.4) is 0 Å². The van der Waals surface area contributed by atoms with E-state index in [9.17, 15) is 5.11 Å². The second kappa shape index (κ2) is 5.53. The minimum Gasteiger partial charge on any atom is -0.393 e. The molecule has 2 N–H and O–H groups in total. The van der Waals surface area contributed by atoms with Crippen molar-refractivity contribution in [3.8, 4) is 0 Å². The normalized spacial score (nSPS) is 32.6. The zero-order valence-corrected chi connectivity index (χ0v) is 12.7. The summed E-state index contributed by atoms with van der Waals surface area (Å²) in [7, 11) is 0. The molecule has 3 atom stereocenters. The molecule has 21 heavy (non-hydrogen) atoms. The molecule has 1 aliphatic heterocycles. The first kappa shape index (κ1) is 13.4. The zero-order valence-electron chi connectivity index (χ0n) is 12.7. The van der Waals surface area contributed by atoms with Crippen LogP contribution >= 0.6 is 0 Å². The predicted molar refractivity (Wildman–Crippen MR) is 86.8 cm³/mol. The zero-order chi connectivity index (χ0) is 14.2. The van der Waals surface area contributed by atoms with E-state index >= 15 is 0 Å². The summed E-state index contributed by atoms with van der Waals surface area (Å²) in [5.74, 6) is 1.87. The maximum atomic E-state index is 9.70. The van der Waals surface area contributed by atoms with Crippen LogP contribution < -0.4 is 10.2 Å². The van der Waals surface area contributed by atoms with Crippen LogP contribution in [0, 0.1) is 11.8 Å². The van der Waals surface area contributed by atoms with Gasteiger partial charge in [-0.3, -0.25) is 0 Å². The largest absolute Gasteiger partial charge is 0.393 e. The number of para-hydroxylation sites is 2. The van der Waals surface area contributed by atoms with Crippen molar-refractivity contribution in [2.75, 3.05) is 23.3 Å². The lowest BCUT2D eigenvalue weighted by atomic mass is 9.95. The van der Waals surface area contributed by atoms with Crippen LogP contribution in [0.4, 0.5) is 11.4 Å². The van der Waals surface area contributed by atoms with E-state index in [2.05, 4.69) is 34.5 Å². The third kappa shape index (κ3) is 2.64. The Kier molecular flexibility index (Phi) is 3.54. The monoisotopic (exact) mass is 286 g/mol. The van der Waals surface area contributed by atoms with Crippen molar-refractivity contribution in [1.29, 1.82) is 0 Å². The molecule has 3 nitrogen and oxygen atoms in total. The number of hydrogen-bond donors (Lipinski definition) is 2. The quantitative estimate of drug-likeness (QED) is 0.895. The first-order valence-electron chi connectivity index (χ1n) is 8.58. The molecule has 3 fully saturated rings. The molecule has 0 unspecified atom stereocenters. The fraction of sp³-hybridized carbons (Fsp3) is 0.667. The Labute approximate surface area is 127 Å². The summed E-state index contributed by atoms with van der Waals surface area (Å²) >= 11 is 0. The van der Waals surface area contributed by atoms with E-state index in [0.717, 1.165) is 37.8 Å². The fourth-order valence-electron chi connectivity index (χ4n) is 4.60. The molecule has 1 aromatic rings. The molecule has 2 aliphatic carbocycles. The number of hydrogen-bond acceptors (Lipinski definition) is 3. The average molecular weight is 286 g/mol. The van der Waals surface area contributed by atoms with E-state index in [1.54, 1.807) is 0 Å². The first-order chi connectivity index (χ1) is 10.3. The number of piperidine rings is 1. The van der Waals surface area contributed by atoms with Crippen molar-refractivity contribution in [2.45, 2.75) is 50.7 Å². The van der Waals surface area contributed by atoms with E-state index in [-0.39, 0.29) is 6.10 Å². The van der Waals surface area contributed by atoms with E-state index in [0.29, 0.717) is 6.04 Å². The van der Waals surface area contributed by atoms with Gasteiger partial charge in [0.15, 0.2) is 0 Å². The highest BCUT2D eigenvalue weighted by molar-refractivity contribution is 5.70. The van der Waals surface area contributed by atoms with Crippen LogP contribution in [0.1, 0.15) is 38.5 Å². The van der Waals surface area contributed by atoms with Gasteiger partial charge in [-0.25, -0.2) is 0 Å². The molecule has 2 saturated carbocycles. The van der Waals surface area contributed by atoms with Gasteiger partial charge in [0.05, 0.1) is 17.5 Å². The highest BCUT2D eigenvalue weighted by atomic mass is 16.3. The van der Waals surface area contributed by atoms with Crippen molar-refractivity contribution in [3.63, 3.8) is 0 Å². The Morgan fingerprint density at radius 3 is 2.52 bits per heavy atom. The second-order valence-corrected chi connectivity index (χ2v) is 7.16. The molecule has 114 valence electrons. The fourth-order valence-corrected chi connectivity index (χ4v) is 4.60. The molecular formula is C18H26N2O. The Hall–Kier alpha value is -1.22. The molecule has 0 amide bonds. The van der Waals surface area contributed by atoms with Crippen molar-refractivity contribution >= 4 is 11.4 Å². The molecule has 1 aromatic carbocycles. The highest BCUT2D eigenvalue weighted by Gasteiger charge is 2.39. The first-order valence-corrected chi connectivity index (χ1v) is 8.58. The summed E-state index contributed by atoms with van der Waals surface area (Å²) in [5, 5.41) is 13.5. The molecule has 0 spiro atoms. The summed E-state index contributed by atoms with van der Waals surface area (Å²) < 4.78 is 0. The van der Waals surface area contributed by atoms with Crippen LogP contribution in [-0.2, 0) is 0 Å². The molecule has 4 rings (SSSR count). The maximum absolute atomic E-state index is 9.70. The summed E-state index contributed by atoms with van der Waals surface area (Å²) in [4.78, 5) is 2.43. The van der Waals surface area contributed by atoms with Crippen LogP contribution in [0.15, 0.2) is 24.3 Å². The summed E-state index contributed by atoms with van der Waals surface area (Å²) in [5.41, 5.74) is 2.62. The summed E-state index contributed by atoms with van der Waals surface area (Å²) in [6.45, 7) is 1.94. The number of anilines is 2. The number of benzene rings is 1. The van der Waals surface area contributed by atoms with Crippen molar-refractivity contribution in [3.05, 3.63) is 24.3 Å². The molecular weight excluding hydrogens is 260 g/mol. The highest BCUT2D eigenvalue weighted by Crippen LogP contribution is 2.46. The van der Waals surface area contributed by atoms with Gasteiger partial charge in [0.25, 0.3) is 0 Å². The summed E-state index contributed by atoms with van der Waals surface area (Å²) in [6, 6.07) is 9.41. The van der Waals surface area contributed by atoms with E-state index in [4.69, 9.17) is 0 Å². The van der Waals surface area contributed by atoms with E-state index in [1.165, 1.54) is 37.1 Å². The van der Waals surface area contributed by atoms with Gasteiger partial charge < -0.3 is 15.3 Å². The van der Waals surface area contributed by atoms with Gasteiger partial charge in [-0.1, -0.05) is 18.6 Å². The van der Waals surface area contributed by atoms with Gasteiger partial charge >= 0.3 is 0 Å². The van der Waals surface area contributed by atoms with Crippen molar-refractivity contribution in [1.82, 2.24) is 0 Å². The van der Waals surface area contributed by atoms with Crippen LogP contribution in [0.25, 0.3) is 0 Å². The molecule has 3 heteroatoms. The minimum absolute atomic E-state index is 0.105. The van der Waals surface area contributed by atoms with Gasteiger partial charge in [-0.2, -0.15) is 0 Å². The topological polar surface area (TPSA) is 35.5 Å². The maximum Gasteiger partial charge on any atom is 0.0602 e. The molecule has 0 aromatic heterocycles. The van der Waals surface area contributed by atoms with Crippen LogP contribution in [0.2, 0.25) is 0 Å². The average Bonchev–Trinajstić information content (AvgIpc) is 3.11. The number of rotatable bonds is 3. The number of fused-ring (bicyclic) bond motifs is 2. The van der Waals surface area contributed by atoms with Gasteiger partial charge in [0, 0.05) is 19.1 Å². The molecule has 2 bridgehead atoms. The molecule has 1 heterocycles. The van der Waals surface area contributed by atoms with Gasteiger partial charge in [0.2, 0.25) is 0 Å². The number of aliphatic hydroxyl groups excluding tert-OH is 1. The van der Waals surface area contributed by atoms with Gasteiger partial charge in [-0.05, 0) is 56.1 Å². The standard InChI is InChI=1S/C18H26N2O/c21-15-7-9-20(10-8-15)18-4-2-1-3-16(18)19-17-12-13-5-6-14(17)11-13/h1-4,13-15,17,19,21H,5-12H2/t13-,14-,17-/m0/s1. The molecule has 3 aliphatic rings. The van der Waals surface area contributed by atoms with Crippen LogP contribution in [-0.4, -0.2) is 30.3 Å². The predicted octanol–water partition coefficient (Wildman–Crippen LogP) is 3.25. The lowest BCUT2D eigenvalue weighted by Crippen LogP contribution is -2.36. The van der Waals surface area contributed by atoms with Crippen molar-refractivity contribution in [2.24, 2.45) is 11.8 Å². The Morgan fingerprint density at radius 1 is 1.00 bits per heavy atom.